The summed E-state index contributed by atoms with van der Waals surface area (Å²) in [6.07, 6.45) is 3.62. The Labute approximate surface area is 282 Å². The number of aldehydes is 1. The fourth-order valence-electron chi connectivity index (χ4n) is 5.10. The summed E-state index contributed by atoms with van der Waals surface area (Å²) in [7, 11) is 2.12. The number of primary amides is 1. The monoisotopic (exact) mass is 661 g/mol. The quantitative estimate of drug-likeness (QED) is 0.164. The molecule has 1 amide bonds. The van der Waals surface area contributed by atoms with Crippen molar-refractivity contribution in [2.75, 3.05) is 66.2 Å². The molecule has 2 saturated heterocycles. The third-order valence-electron chi connectivity index (χ3n) is 7.84. The molecule has 2 aliphatic rings. The number of allylic oxidation sites excluding steroid dienone is 1. The minimum atomic E-state index is 0.0409. The zero-order chi connectivity index (χ0) is 34.9. The van der Waals surface area contributed by atoms with Crippen LogP contribution in [0.1, 0.15) is 41.4 Å². The van der Waals surface area contributed by atoms with Gasteiger partial charge in [-0.15, -0.1) is 0 Å². The van der Waals surface area contributed by atoms with E-state index in [0.29, 0.717) is 35.8 Å². The van der Waals surface area contributed by atoms with Crippen LogP contribution >= 0.6 is 0 Å². The number of nitrogens with two attached hydrogens (primary N) is 1. The second-order valence-electron chi connectivity index (χ2n) is 11.7. The van der Waals surface area contributed by atoms with Gasteiger partial charge >= 0.3 is 0 Å². The van der Waals surface area contributed by atoms with E-state index in [2.05, 4.69) is 75.3 Å². The fourth-order valence-corrected chi connectivity index (χ4v) is 5.10. The number of aliphatic imine (C=N–C) groups is 2. The number of benzene rings is 2. The normalized spacial score (nSPS) is 16.1. The van der Waals surface area contributed by atoms with E-state index in [-0.39, 0.29) is 23.6 Å². The molecule has 48 heavy (non-hydrogen) atoms. The second kappa shape index (κ2) is 19.9. The predicted molar refractivity (Wildman–Crippen MR) is 188 cm³/mol. The molecule has 1 aromatic heterocycles. The van der Waals surface area contributed by atoms with Crippen molar-refractivity contribution in [3.8, 4) is 28.2 Å². The highest BCUT2D eigenvalue weighted by Gasteiger charge is 2.22. The molecule has 3 aromatic rings. The molecule has 13 heteroatoms. The standard InChI is InChI=1S/C24H26N2O4.C10H18N4O.CH3NO/c1-16(2)19-7-8-22(28)20(13-19)24-23(21(15-27)25-30-24)18-5-3-17(4-6-18)14-26-9-11-29-12-10-26;1-11-7-10(15)8-12-9-14-5-3-13(2)4-6-14;2-1-3/h3-8,13,15-16,28H,9-12,14H2,1-2H3;7-8,15H,1,3-6,9H2,2H3;1H,(H2,2,3)/b;10-7+,12-8-;. The summed E-state index contributed by atoms with van der Waals surface area (Å²) in [4.78, 5) is 34.7. The maximum Gasteiger partial charge on any atom is 0.204 e. The smallest absolute Gasteiger partial charge is 0.204 e. The molecule has 0 radical (unpaired) electrons. The molecule has 258 valence electrons. The van der Waals surface area contributed by atoms with Crippen LogP contribution in [0, 0.1) is 0 Å². The van der Waals surface area contributed by atoms with E-state index in [1.165, 1.54) is 18.0 Å². The van der Waals surface area contributed by atoms with E-state index in [1.54, 1.807) is 6.07 Å². The van der Waals surface area contributed by atoms with Crippen molar-refractivity contribution in [3.05, 3.63) is 71.2 Å². The average molecular weight is 662 g/mol. The third kappa shape index (κ3) is 11.5. The maximum absolute atomic E-state index is 11.6. The predicted octanol–water partition coefficient (Wildman–Crippen LogP) is 3.95. The van der Waals surface area contributed by atoms with E-state index in [1.807, 2.05) is 24.3 Å². The molecule has 0 atom stereocenters. The Morgan fingerprint density at radius 2 is 1.71 bits per heavy atom. The van der Waals surface area contributed by atoms with E-state index in [9.17, 15) is 15.0 Å². The first kappa shape index (κ1) is 37.8. The summed E-state index contributed by atoms with van der Waals surface area (Å²) >= 11 is 0. The fraction of sp³-hybridized carbons (Fsp3) is 0.400. The Morgan fingerprint density at radius 1 is 1.04 bits per heavy atom. The van der Waals surface area contributed by atoms with Crippen LogP contribution in [0.4, 0.5) is 0 Å². The van der Waals surface area contributed by atoms with Crippen molar-refractivity contribution in [3.63, 3.8) is 0 Å². The molecule has 2 aliphatic heterocycles. The Balaban J connectivity index is 0.000000292. The van der Waals surface area contributed by atoms with Gasteiger partial charge in [-0.2, -0.15) is 0 Å². The third-order valence-corrected chi connectivity index (χ3v) is 7.84. The zero-order valence-corrected chi connectivity index (χ0v) is 28.0. The minimum Gasteiger partial charge on any atom is -0.507 e. The number of nitrogens with zero attached hydrogens (tertiary/aromatic N) is 6. The number of likely N-dealkylation sites (N-methyl/N-ethyl adjacent to an activating group) is 1. The summed E-state index contributed by atoms with van der Waals surface area (Å²) in [6.45, 7) is 16.5. The largest absolute Gasteiger partial charge is 0.507 e. The highest BCUT2D eigenvalue weighted by molar-refractivity contribution is 5.93. The Morgan fingerprint density at radius 3 is 2.31 bits per heavy atom. The highest BCUT2D eigenvalue weighted by Crippen LogP contribution is 2.40. The van der Waals surface area contributed by atoms with Crippen LogP contribution in [0.3, 0.4) is 0 Å². The van der Waals surface area contributed by atoms with Crippen LogP contribution in [-0.4, -0.2) is 122 Å². The highest BCUT2D eigenvalue weighted by atomic mass is 16.5. The van der Waals surface area contributed by atoms with Crippen LogP contribution in [0.5, 0.6) is 5.75 Å². The van der Waals surface area contributed by atoms with Crippen molar-refractivity contribution in [1.29, 1.82) is 0 Å². The number of aliphatic hydroxyl groups is 1. The first-order valence-electron chi connectivity index (χ1n) is 15.8. The van der Waals surface area contributed by atoms with Gasteiger partial charge in [0.1, 0.15) is 5.75 Å². The molecule has 3 heterocycles. The summed E-state index contributed by atoms with van der Waals surface area (Å²) in [5, 5.41) is 23.6. The van der Waals surface area contributed by atoms with Gasteiger partial charge in [-0.05, 0) is 48.5 Å². The Hall–Kier alpha value is -4.69. The first-order chi connectivity index (χ1) is 23.2. The van der Waals surface area contributed by atoms with Crippen molar-refractivity contribution < 1.29 is 29.1 Å². The number of carbonyl (C=O) groups excluding carboxylic acids is 2. The maximum atomic E-state index is 11.6. The average Bonchev–Trinajstić information content (AvgIpc) is 3.51. The number of phenols is 1. The van der Waals surface area contributed by atoms with Crippen LogP contribution in [0.15, 0.2) is 68.9 Å². The van der Waals surface area contributed by atoms with Crippen molar-refractivity contribution >= 4 is 25.6 Å². The lowest BCUT2D eigenvalue weighted by Crippen LogP contribution is -2.44. The number of amides is 1. The molecule has 0 aliphatic carbocycles. The molecule has 0 spiro atoms. The SMILES string of the molecule is C=N/C=C(O)\C=N/CN1CCN(C)CC1.CC(C)c1ccc(O)c(-c2onc(C=O)c2-c2ccc(CN3CCOCC3)cc2)c1.NC=O. The number of hydrogen-bond acceptors (Lipinski definition) is 12. The van der Waals surface area contributed by atoms with E-state index < -0.39 is 0 Å². The van der Waals surface area contributed by atoms with Crippen LogP contribution in [0.25, 0.3) is 22.5 Å². The number of aromatic hydroxyl groups is 1. The Kier molecular flexibility index (Phi) is 15.6. The van der Waals surface area contributed by atoms with Gasteiger partial charge in [0.15, 0.2) is 23.5 Å². The molecule has 2 fully saturated rings. The number of phenolic OH excluding ortho intramolecular Hbond substituents is 1. The molecule has 5 rings (SSSR count). The molecular formula is C35H47N7O6. The summed E-state index contributed by atoms with van der Waals surface area (Å²) in [6, 6.07) is 13.5. The van der Waals surface area contributed by atoms with Crippen LogP contribution in [-0.2, 0) is 16.1 Å². The lowest BCUT2D eigenvalue weighted by Gasteiger charge is -2.30. The first-order valence-corrected chi connectivity index (χ1v) is 15.8. The van der Waals surface area contributed by atoms with E-state index in [0.717, 1.165) is 70.2 Å². The van der Waals surface area contributed by atoms with Gasteiger partial charge in [-0.3, -0.25) is 29.4 Å². The van der Waals surface area contributed by atoms with Gasteiger partial charge in [0, 0.05) is 45.8 Å². The number of morpholine rings is 1. The zero-order valence-electron chi connectivity index (χ0n) is 28.0. The second-order valence-corrected chi connectivity index (χ2v) is 11.7. The molecule has 2 aromatic carbocycles. The lowest BCUT2D eigenvalue weighted by atomic mass is 9.95. The molecular weight excluding hydrogens is 614 g/mol. The number of hydrogen-bond donors (Lipinski definition) is 3. The topological polar surface area (TPSA) is 170 Å². The molecule has 0 bridgehead atoms. The van der Waals surface area contributed by atoms with Gasteiger partial charge in [0.05, 0.1) is 43.4 Å². The Bertz CT molecular complexity index is 1510. The summed E-state index contributed by atoms with van der Waals surface area (Å²) in [5.41, 5.74) is 8.61. The van der Waals surface area contributed by atoms with Crippen molar-refractivity contribution in [1.82, 2.24) is 19.9 Å². The van der Waals surface area contributed by atoms with Gasteiger partial charge in [0.2, 0.25) is 6.41 Å². The van der Waals surface area contributed by atoms with Crippen LogP contribution < -0.4 is 5.73 Å². The summed E-state index contributed by atoms with van der Waals surface area (Å²) < 4.78 is 10.9. The number of ether oxygens (including phenoxy) is 1. The minimum absolute atomic E-state index is 0.0409. The number of piperazine rings is 1. The van der Waals surface area contributed by atoms with Gasteiger partial charge < -0.3 is 30.1 Å². The van der Waals surface area contributed by atoms with Crippen molar-refractivity contribution in [2.24, 2.45) is 15.7 Å². The van der Waals surface area contributed by atoms with E-state index >= 15 is 0 Å². The molecule has 13 nitrogen and oxygen atoms in total. The number of aliphatic hydroxyl groups excluding tert-OH is 1. The molecule has 4 N–H and O–H groups in total. The number of rotatable bonds is 10. The molecule has 0 unspecified atom stereocenters. The van der Waals surface area contributed by atoms with E-state index in [4.69, 9.17) is 14.1 Å². The summed E-state index contributed by atoms with van der Waals surface area (Å²) in [5.74, 6) is 0.830. The molecule has 0 saturated carbocycles. The van der Waals surface area contributed by atoms with Crippen molar-refractivity contribution in [2.45, 2.75) is 26.3 Å². The number of carbonyl (C=O) groups is 2. The van der Waals surface area contributed by atoms with Crippen LogP contribution in [0.2, 0.25) is 0 Å². The van der Waals surface area contributed by atoms with Gasteiger partial charge in [-0.25, -0.2) is 0 Å². The van der Waals surface area contributed by atoms with Gasteiger partial charge in [-0.1, -0.05) is 49.3 Å². The number of aromatic nitrogens is 1. The lowest BCUT2D eigenvalue weighted by molar-refractivity contribution is -0.106. The van der Waals surface area contributed by atoms with Gasteiger partial charge in [0.25, 0.3) is 0 Å².